The molecule has 0 aliphatic rings. The average molecular weight is 428 g/mol. The van der Waals surface area contributed by atoms with Crippen LogP contribution in [0.1, 0.15) is 49.4 Å². The van der Waals surface area contributed by atoms with Crippen LogP contribution in [0.5, 0.6) is 0 Å². The Morgan fingerprint density at radius 2 is 1.94 bits per heavy atom. The first-order chi connectivity index (χ1) is 15.6. The molecule has 4 rings (SSSR count). The molecule has 0 bridgehead atoms. The summed E-state index contributed by atoms with van der Waals surface area (Å²) in [6.07, 6.45) is 6.45. The van der Waals surface area contributed by atoms with Gasteiger partial charge in [-0.15, -0.1) is 0 Å². The number of rotatable bonds is 7. The van der Waals surface area contributed by atoms with Gasteiger partial charge in [0.15, 0.2) is 0 Å². The normalized spacial score (nSPS) is 10.7. The van der Waals surface area contributed by atoms with Crippen molar-refractivity contribution in [2.45, 2.75) is 13.5 Å². The number of pyridine rings is 3. The smallest absolute Gasteiger partial charge is 0.340 e. The van der Waals surface area contributed by atoms with Crippen molar-refractivity contribution < 1.29 is 19.1 Å². The van der Waals surface area contributed by atoms with E-state index in [2.05, 4.69) is 15.3 Å². The fourth-order valence-corrected chi connectivity index (χ4v) is 3.31. The molecule has 0 aromatic carbocycles. The van der Waals surface area contributed by atoms with Crippen LogP contribution in [0.15, 0.2) is 73.3 Å². The van der Waals surface area contributed by atoms with Crippen LogP contribution in [0.4, 0.5) is 0 Å². The lowest BCUT2D eigenvalue weighted by Crippen LogP contribution is -2.24. The first kappa shape index (κ1) is 20.9. The number of ether oxygens (including phenoxy) is 1. The highest BCUT2D eigenvalue weighted by Gasteiger charge is 2.22. The van der Waals surface area contributed by atoms with Gasteiger partial charge < -0.3 is 14.5 Å². The van der Waals surface area contributed by atoms with Gasteiger partial charge in [0.05, 0.1) is 17.7 Å². The van der Waals surface area contributed by atoms with E-state index in [1.165, 1.54) is 12.3 Å². The second-order valence-electron chi connectivity index (χ2n) is 6.92. The average Bonchev–Trinajstić information content (AvgIpc) is 3.22. The van der Waals surface area contributed by atoms with Crippen molar-refractivity contribution in [2.24, 2.45) is 0 Å². The Bertz CT molecular complexity index is 1280. The summed E-state index contributed by atoms with van der Waals surface area (Å²) < 4.78 is 6.72. The number of carbonyl (C=O) groups excluding carboxylic acids is 3. The van der Waals surface area contributed by atoms with Gasteiger partial charge in [0, 0.05) is 36.9 Å². The fourth-order valence-electron chi connectivity index (χ4n) is 3.31. The SMILES string of the molecule is CCOC(=O)c1cc(C(=O)NCc2cccnc2)n2ccc(C(=O)c3ccccn3)cc12. The molecule has 8 heteroatoms. The van der Waals surface area contributed by atoms with E-state index in [1.807, 2.05) is 6.07 Å². The van der Waals surface area contributed by atoms with Gasteiger partial charge >= 0.3 is 5.97 Å². The van der Waals surface area contributed by atoms with E-state index in [0.29, 0.717) is 11.1 Å². The highest BCUT2D eigenvalue weighted by Crippen LogP contribution is 2.21. The van der Waals surface area contributed by atoms with Crippen LogP contribution in [-0.2, 0) is 11.3 Å². The molecule has 0 radical (unpaired) electrons. The Morgan fingerprint density at radius 1 is 1.06 bits per heavy atom. The summed E-state index contributed by atoms with van der Waals surface area (Å²) in [5.41, 5.74) is 2.34. The van der Waals surface area contributed by atoms with Gasteiger partial charge in [-0.25, -0.2) is 4.79 Å². The summed E-state index contributed by atoms with van der Waals surface area (Å²) >= 11 is 0. The topological polar surface area (TPSA) is 103 Å². The maximum Gasteiger partial charge on any atom is 0.340 e. The molecule has 1 N–H and O–H groups in total. The van der Waals surface area contributed by atoms with E-state index in [-0.39, 0.29) is 41.8 Å². The summed E-state index contributed by atoms with van der Waals surface area (Å²) in [6.45, 7) is 2.17. The maximum absolute atomic E-state index is 12.9. The highest BCUT2D eigenvalue weighted by molar-refractivity contribution is 6.10. The Labute approximate surface area is 183 Å². The van der Waals surface area contributed by atoms with Crippen LogP contribution in [0.3, 0.4) is 0 Å². The zero-order valence-corrected chi connectivity index (χ0v) is 17.3. The molecule has 4 aromatic heterocycles. The number of amides is 1. The Hall–Kier alpha value is -4.33. The molecule has 0 atom stereocenters. The molecule has 0 fully saturated rings. The molecule has 0 spiro atoms. The number of hydrogen-bond donors (Lipinski definition) is 1. The predicted octanol–water partition coefficient (Wildman–Crippen LogP) is 3.07. The monoisotopic (exact) mass is 428 g/mol. The summed E-state index contributed by atoms with van der Waals surface area (Å²) in [5.74, 6) is -1.23. The third kappa shape index (κ3) is 4.24. The van der Waals surface area contributed by atoms with Crippen molar-refractivity contribution in [3.05, 3.63) is 101 Å². The Kier molecular flexibility index (Phi) is 6.03. The van der Waals surface area contributed by atoms with Gasteiger partial charge in [0.2, 0.25) is 5.78 Å². The van der Waals surface area contributed by atoms with E-state index in [4.69, 9.17) is 4.74 Å². The van der Waals surface area contributed by atoms with Crippen LogP contribution >= 0.6 is 0 Å². The first-order valence-electron chi connectivity index (χ1n) is 10.0. The molecule has 8 nitrogen and oxygen atoms in total. The molecular weight excluding hydrogens is 408 g/mol. The van der Waals surface area contributed by atoms with Gasteiger partial charge in [0.1, 0.15) is 11.4 Å². The Morgan fingerprint density at radius 3 is 2.66 bits per heavy atom. The molecule has 32 heavy (non-hydrogen) atoms. The maximum atomic E-state index is 12.9. The highest BCUT2D eigenvalue weighted by atomic mass is 16.5. The number of carbonyl (C=O) groups is 3. The zero-order valence-electron chi connectivity index (χ0n) is 17.3. The summed E-state index contributed by atoms with van der Waals surface area (Å²) in [5, 5.41) is 2.83. The summed E-state index contributed by atoms with van der Waals surface area (Å²) in [6, 6.07) is 13.3. The molecule has 4 heterocycles. The quantitative estimate of drug-likeness (QED) is 0.359. The predicted molar refractivity (Wildman–Crippen MR) is 116 cm³/mol. The van der Waals surface area contributed by atoms with Gasteiger partial charge in [-0.1, -0.05) is 12.1 Å². The van der Waals surface area contributed by atoms with Crippen molar-refractivity contribution in [2.75, 3.05) is 6.61 Å². The van der Waals surface area contributed by atoms with E-state index in [0.717, 1.165) is 5.56 Å². The van der Waals surface area contributed by atoms with Gasteiger partial charge in [-0.2, -0.15) is 0 Å². The first-order valence-corrected chi connectivity index (χ1v) is 10.0. The number of aromatic nitrogens is 3. The van der Waals surface area contributed by atoms with Crippen LogP contribution in [0.2, 0.25) is 0 Å². The molecular formula is C24H20N4O4. The number of ketones is 1. The van der Waals surface area contributed by atoms with Crippen molar-refractivity contribution >= 4 is 23.2 Å². The van der Waals surface area contributed by atoms with E-state index < -0.39 is 5.97 Å². The van der Waals surface area contributed by atoms with E-state index >= 15 is 0 Å². The standard InChI is InChI=1S/C24H20N4O4/c1-2-32-24(31)18-13-21(23(30)27-15-16-6-5-9-25-14-16)28-11-8-17(12-20(18)28)22(29)19-7-3-4-10-26-19/h3-14H,2,15H2,1H3,(H,27,30). The Balaban J connectivity index is 1.71. The minimum absolute atomic E-state index is 0.186. The van der Waals surface area contributed by atoms with E-state index in [9.17, 15) is 14.4 Å². The van der Waals surface area contributed by atoms with Crippen LogP contribution < -0.4 is 5.32 Å². The number of nitrogens with zero attached hydrogens (tertiary/aromatic N) is 3. The second kappa shape index (κ2) is 9.22. The summed E-state index contributed by atoms with van der Waals surface area (Å²) in [7, 11) is 0. The minimum atomic E-state index is -0.571. The van der Waals surface area contributed by atoms with Crippen LogP contribution in [-0.4, -0.2) is 38.6 Å². The largest absolute Gasteiger partial charge is 0.462 e. The molecule has 160 valence electrons. The molecule has 0 aliphatic heterocycles. The lowest BCUT2D eigenvalue weighted by Gasteiger charge is -2.07. The molecule has 1 amide bonds. The lowest BCUT2D eigenvalue weighted by atomic mass is 10.1. The van der Waals surface area contributed by atoms with Gasteiger partial charge in [-0.3, -0.25) is 19.6 Å². The lowest BCUT2D eigenvalue weighted by molar-refractivity contribution is 0.0528. The third-order valence-electron chi connectivity index (χ3n) is 4.84. The molecule has 4 aromatic rings. The molecule has 0 saturated heterocycles. The van der Waals surface area contributed by atoms with Crippen molar-refractivity contribution in [3.8, 4) is 0 Å². The number of nitrogens with one attached hydrogen (secondary N) is 1. The van der Waals surface area contributed by atoms with Crippen molar-refractivity contribution in [1.29, 1.82) is 0 Å². The number of fused-ring (bicyclic) bond motifs is 1. The number of hydrogen-bond acceptors (Lipinski definition) is 6. The third-order valence-corrected chi connectivity index (χ3v) is 4.84. The molecule has 0 aliphatic carbocycles. The van der Waals surface area contributed by atoms with Gasteiger partial charge in [-0.05, 0) is 48.9 Å². The molecule has 0 unspecified atom stereocenters. The fraction of sp³-hybridized carbons (Fsp3) is 0.125. The van der Waals surface area contributed by atoms with E-state index in [1.54, 1.807) is 66.3 Å². The van der Waals surface area contributed by atoms with Gasteiger partial charge in [0.25, 0.3) is 5.91 Å². The van der Waals surface area contributed by atoms with Crippen molar-refractivity contribution in [1.82, 2.24) is 19.7 Å². The van der Waals surface area contributed by atoms with Crippen LogP contribution in [0, 0.1) is 0 Å². The minimum Gasteiger partial charge on any atom is -0.462 e. The molecule has 0 saturated carbocycles. The number of esters is 1. The summed E-state index contributed by atoms with van der Waals surface area (Å²) in [4.78, 5) is 46.4. The zero-order chi connectivity index (χ0) is 22.5. The van der Waals surface area contributed by atoms with Crippen LogP contribution in [0.25, 0.3) is 5.52 Å². The van der Waals surface area contributed by atoms with Crippen molar-refractivity contribution in [3.63, 3.8) is 0 Å². The second-order valence-corrected chi connectivity index (χ2v) is 6.92.